The van der Waals surface area contributed by atoms with Crippen molar-refractivity contribution in [2.24, 2.45) is 0 Å². The molecular weight excluding hydrogens is 1020 g/mol. The fraction of sp³-hybridized carbons (Fsp3) is 0.120. The van der Waals surface area contributed by atoms with E-state index in [0.29, 0.717) is 17.8 Å². The Morgan fingerprint density at radius 1 is 0.298 bits per heavy atom. The molecule has 0 unspecified atom stereocenters. The molecule has 0 spiro atoms. The molecule has 0 aliphatic carbocycles. The van der Waals surface area contributed by atoms with E-state index in [4.69, 9.17) is 4.42 Å². The van der Waals surface area contributed by atoms with Crippen LogP contribution in [-0.2, 0) is 0 Å². The van der Waals surface area contributed by atoms with Gasteiger partial charge in [0.2, 0.25) is 6.71 Å². The molecule has 9 heteroatoms. The highest BCUT2D eigenvalue weighted by atomic mass is 16.3. The third-order valence-corrected chi connectivity index (χ3v) is 20.4. The van der Waals surface area contributed by atoms with Crippen molar-refractivity contribution in [3.05, 3.63) is 229 Å². The van der Waals surface area contributed by atoms with Gasteiger partial charge in [0.15, 0.2) is 0 Å². The number of anilines is 12. The van der Waals surface area contributed by atoms with E-state index in [-0.39, 0.29) is 26.9 Å². The van der Waals surface area contributed by atoms with Gasteiger partial charge in [0.1, 0.15) is 11.2 Å². The Kier molecular flexibility index (Phi) is 9.38. The summed E-state index contributed by atoms with van der Waals surface area (Å²) < 4.78 is 7.26. The normalized spacial score (nSPS) is 14.7. The monoisotopic (exact) mass is 1070 g/mol. The molecule has 12 aromatic rings. The molecule has 0 saturated carbocycles. The Balaban J connectivity index is 0.994. The number of rotatable bonds is 5. The SMILES string of the molecule is CC(C)c1cc(C(C)C)c(B2c3ccccc3N(c3ccccc3)c3cc4c(cc32)B2c3ccccc3N3c5ccc6c(oc7ccccc76)c5B5c6ccccc6N6c7ccccc7B7c8ccccc8N4c4c7c6c5c3c42)c(C(C)C)c1. The molecule has 84 heavy (non-hydrogen) atoms. The molecule has 0 bridgehead atoms. The lowest BCUT2D eigenvalue weighted by Crippen LogP contribution is -2.75. The van der Waals surface area contributed by atoms with Gasteiger partial charge in [-0.05, 0) is 161 Å². The molecule has 8 heterocycles. The number of hydrogen-bond acceptors (Lipinski definition) is 5. The van der Waals surface area contributed by atoms with Crippen LogP contribution in [0, 0.1) is 0 Å². The Morgan fingerprint density at radius 3 is 1.25 bits per heavy atom. The van der Waals surface area contributed by atoms with Gasteiger partial charge in [0.05, 0.1) is 0 Å². The molecule has 394 valence electrons. The maximum absolute atomic E-state index is 7.26. The predicted molar refractivity (Wildman–Crippen MR) is 360 cm³/mol. The molecule has 0 amide bonds. The molecule has 0 N–H and O–H groups in total. The summed E-state index contributed by atoms with van der Waals surface area (Å²) in [5.41, 5.74) is 37.3. The molecule has 7 aliphatic rings. The minimum absolute atomic E-state index is 0.0222. The van der Waals surface area contributed by atoms with Crippen molar-refractivity contribution in [2.45, 2.75) is 59.3 Å². The summed E-state index contributed by atoms with van der Waals surface area (Å²) >= 11 is 0. The molecule has 0 atom stereocenters. The van der Waals surface area contributed by atoms with E-state index in [9.17, 15) is 0 Å². The van der Waals surface area contributed by atoms with Crippen LogP contribution in [0.4, 0.5) is 68.2 Å². The first-order chi connectivity index (χ1) is 41.2. The van der Waals surface area contributed by atoms with Crippen molar-refractivity contribution >= 4 is 183 Å². The van der Waals surface area contributed by atoms with Gasteiger partial charge in [-0.1, -0.05) is 193 Å². The van der Waals surface area contributed by atoms with Crippen LogP contribution in [0.2, 0.25) is 0 Å². The summed E-state index contributed by atoms with van der Waals surface area (Å²) in [4.78, 5) is 10.7. The molecule has 11 aromatic carbocycles. The summed E-state index contributed by atoms with van der Waals surface area (Å²) in [5, 5.41) is 2.31. The second kappa shape index (κ2) is 16.7. The van der Waals surface area contributed by atoms with Crippen LogP contribution in [0.1, 0.15) is 76.0 Å². The first-order valence-corrected chi connectivity index (χ1v) is 30.5. The van der Waals surface area contributed by atoms with Crippen LogP contribution < -0.4 is 85.2 Å². The van der Waals surface area contributed by atoms with Crippen molar-refractivity contribution in [2.75, 3.05) is 19.6 Å². The summed E-state index contributed by atoms with van der Waals surface area (Å²) in [5.74, 6) is 1.02. The zero-order valence-corrected chi connectivity index (χ0v) is 47.9. The Morgan fingerprint density at radius 2 is 0.714 bits per heavy atom. The number of furan rings is 1. The van der Waals surface area contributed by atoms with Crippen LogP contribution in [0.3, 0.4) is 0 Å². The summed E-state index contributed by atoms with van der Waals surface area (Å²) in [7, 11) is 0. The highest BCUT2D eigenvalue weighted by Crippen LogP contribution is 2.53. The standard InChI is InChI=1S/C75H56B4N4O/c1-42(2)45-38-49(43(3)4)67(50(39-45)44(5)6)77-51-25-11-16-30-58(51)80(46-22-8-7-9-23-46)64-41-65-57(40-56(64)77)78-54-28-14-18-32-60(54)82-63-37-36-48-47-24-10-21-35-66(47)84-75(48)68(63)79-55-29-15-20-34-62(55)81-59-31-17-12-26-52(59)76-53-27-13-19-33-61(53)83(65)72-69(76)73(81)71(79)74(82)70(72)78/h7-44H,1-6H3. The predicted octanol–water partition coefficient (Wildman–Crippen LogP) is 11.1. The van der Waals surface area contributed by atoms with Gasteiger partial charge in [-0.3, -0.25) is 0 Å². The zero-order chi connectivity index (χ0) is 55.7. The average Bonchev–Trinajstić information content (AvgIpc) is 0.700. The number of benzene rings is 11. The van der Waals surface area contributed by atoms with E-state index in [0.717, 1.165) is 27.6 Å². The van der Waals surface area contributed by atoms with E-state index >= 15 is 0 Å². The maximum Gasteiger partial charge on any atom is 0.256 e. The molecule has 1 aromatic heterocycles. The largest absolute Gasteiger partial charge is 0.457 e. The van der Waals surface area contributed by atoms with E-state index < -0.39 is 0 Å². The molecule has 0 saturated heterocycles. The van der Waals surface area contributed by atoms with Crippen molar-refractivity contribution in [3.8, 4) is 0 Å². The number of para-hydroxylation sites is 7. The van der Waals surface area contributed by atoms with Crippen molar-refractivity contribution in [3.63, 3.8) is 0 Å². The van der Waals surface area contributed by atoms with Crippen molar-refractivity contribution in [1.82, 2.24) is 0 Å². The minimum Gasteiger partial charge on any atom is -0.457 e. The van der Waals surface area contributed by atoms with E-state index in [1.54, 1.807) is 0 Å². The molecule has 5 nitrogen and oxygen atoms in total. The van der Waals surface area contributed by atoms with Gasteiger partial charge in [-0.25, -0.2) is 0 Å². The Bertz CT molecular complexity index is 4900. The van der Waals surface area contributed by atoms with Crippen LogP contribution in [-0.4, -0.2) is 26.9 Å². The van der Waals surface area contributed by atoms with E-state index in [1.807, 2.05) is 0 Å². The van der Waals surface area contributed by atoms with Gasteiger partial charge in [0, 0.05) is 79.0 Å². The highest BCUT2D eigenvalue weighted by molar-refractivity contribution is 7.09. The smallest absolute Gasteiger partial charge is 0.256 e. The van der Waals surface area contributed by atoms with E-state index in [2.05, 4.69) is 273 Å². The summed E-state index contributed by atoms with van der Waals surface area (Å²) in [6.07, 6.45) is 0. The van der Waals surface area contributed by atoms with Gasteiger partial charge in [0.25, 0.3) is 20.1 Å². The topological polar surface area (TPSA) is 26.1 Å². The third kappa shape index (κ3) is 5.80. The van der Waals surface area contributed by atoms with Gasteiger partial charge in [-0.2, -0.15) is 0 Å². The van der Waals surface area contributed by atoms with Gasteiger partial charge < -0.3 is 24.0 Å². The van der Waals surface area contributed by atoms with E-state index in [1.165, 1.54) is 145 Å². The van der Waals surface area contributed by atoms with Crippen molar-refractivity contribution < 1.29 is 4.42 Å². The first-order valence-electron chi connectivity index (χ1n) is 30.5. The van der Waals surface area contributed by atoms with Gasteiger partial charge >= 0.3 is 0 Å². The lowest BCUT2D eigenvalue weighted by atomic mass is 9.24. The maximum atomic E-state index is 7.26. The number of fused-ring (bicyclic) bond motifs is 24. The molecule has 0 radical (unpaired) electrons. The molecule has 7 aliphatic heterocycles. The lowest BCUT2D eigenvalue weighted by Gasteiger charge is -2.55. The highest BCUT2D eigenvalue weighted by Gasteiger charge is 2.58. The van der Waals surface area contributed by atoms with Crippen LogP contribution in [0.15, 0.2) is 217 Å². The zero-order valence-electron chi connectivity index (χ0n) is 47.9. The molecular formula is C75H56B4N4O. The number of nitrogens with zero attached hydrogens (tertiary/aromatic N) is 4. The van der Waals surface area contributed by atoms with Crippen LogP contribution in [0.25, 0.3) is 21.9 Å². The average molecular weight is 1070 g/mol. The third-order valence-electron chi connectivity index (χ3n) is 20.4. The van der Waals surface area contributed by atoms with Gasteiger partial charge in [-0.15, -0.1) is 0 Å². The molecule has 0 fully saturated rings. The fourth-order valence-corrected chi connectivity index (χ4v) is 17.1. The number of hydrogen-bond donors (Lipinski definition) is 0. The second-order valence-corrected chi connectivity index (χ2v) is 25.5. The molecule has 19 rings (SSSR count). The Labute approximate surface area is 492 Å². The van der Waals surface area contributed by atoms with Crippen LogP contribution in [0.5, 0.6) is 0 Å². The Hall–Kier alpha value is -9.32. The quantitative estimate of drug-likeness (QED) is 0.160. The van der Waals surface area contributed by atoms with Crippen LogP contribution >= 0.6 is 0 Å². The first kappa shape index (κ1) is 47.2. The minimum atomic E-state index is -0.120. The lowest BCUT2D eigenvalue weighted by molar-refractivity contribution is 0.671. The fourth-order valence-electron chi connectivity index (χ4n) is 17.1. The summed E-state index contributed by atoms with van der Waals surface area (Å²) in [6.45, 7) is 14.1. The second-order valence-electron chi connectivity index (χ2n) is 25.5. The van der Waals surface area contributed by atoms with Crippen molar-refractivity contribution in [1.29, 1.82) is 0 Å². The summed E-state index contributed by atoms with van der Waals surface area (Å²) in [6, 6.07) is 81.8.